The van der Waals surface area contributed by atoms with Crippen molar-refractivity contribution in [3.63, 3.8) is 0 Å². The van der Waals surface area contributed by atoms with Crippen LogP contribution in [0, 0.1) is 5.92 Å². The van der Waals surface area contributed by atoms with E-state index in [4.69, 9.17) is 10.5 Å². The van der Waals surface area contributed by atoms with E-state index >= 15 is 0 Å². The highest BCUT2D eigenvalue weighted by Gasteiger charge is 2.35. The highest BCUT2D eigenvalue weighted by atomic mass is 16.5. The first kappa shape index (κ1) is 12.3. The highest BCUT2D eigenvalue weighted by Crippen LogP contribution is 2.32. The standard InChI is InChI=1S/C15H20N2O2/c16-12-5-7-13(8-6-12)19-14-2-1-9-17(10-14)15(18)11-3-4-11/h5-8,11,14H,1-4,9-10,16H2. The van der Waals surface area contributed by atoms with Crippen molar-refractivity contribution in [1.29, 1.82) is 0 Å². The van der Waals surface area contributed by atoms with Crippen LogP contribution in [0.5, 0.6) is 5.75 Å². The Morgan fingerprint density at radius 3 is 2.63 bits per heavy atom. The lowest BCUT2D eigenvalue weighted by Crippen LogP contribution is -2.45. The number of nitrogen functional groups attached to an aromatic ring is 1. The minimum Gasteiger partial charge on any atom is -0.489 e. The zero-order chi connectivity index (χ0) is 13.2. The molecule has 2 N–H and O–H groups in total. The Hall–Kier alpha value is -1.71. The second-order valence-electron chi connectivity index (χ2n) is 5.51. The van der Waals surface area contributed by atoms with E-state index in [1.165, 1.54) is 0 Å². The van der Waals surface area contributed by atoms with Crippen LogP contribution in [0.3, 0.4) is 0 Å². The summed E-state index contributed by atoms with van der Waals surface area (Å²) in [7, 11) is 0. The first-order chi connectivity index (χ1) is 9.22. The molecular weight excluding hydrogens is 240 g/mol. The van der Waals surface area contributed by atoms with Crippen LogP contribution in [0.1, 0.15) is 25.7 Å². The van der Waals surface area contributed by atoms with Crippen molar-refractivity contribution >= 4 is 11.6 Å². The van der Waals surface area contributed by atoms with Crippen LogP contribution >= 0.6 is 0 Å². The van der Waals surface area contributed by atoms with Crippen molar-refractivity contribution in [3.8, 4) is 5.75 Å². The summed E-state index contributed by atoms with van der Waals surface area (Å²) in [4.78, 5) is 14.0. The Kier molecular flexibility index (Phi) is 3.32. The fraction of sp³-hybridized carbons (Fsp3) is 0.533. The number of nitrogens with two attached hydrogens (primary N) is 1. The smallest absolute Gasteiger partial charge is 0.225 e. The van der Waals surface area contributed by atoms with Crippen LogP contribution in [-0.2, 0) is 4.79 Å². The van der Waals surface area contributed by atoms with E-state index in [9.17, 15) is 4.79 Å². The molecule has 4 nitrogen and oxygen atoms in total. The molecular formula is C15H20N2O2. The Morgan fingerprint density at radius 2 is 1.95 bits per heavy atom. The molecule has 19 heavy (non-hydrogen) atoms. The maximum atomic E-state index is 12.1. The molecule has 1 aliphatic heterocycles. The summed E-state index contributed by atoms with van der Waals surface area (Å²) in [6, 6.07) is 7.45. The van der Waals surface area contributed by atoms with Crippen LogP contribution in [-0.4, -0.2) is 30.0 Å². The summed E-state index contributed by atoms with van der Waals surface area (Å²) in [5.41, 5.74) is 6.39. The quantitative estimate of drug-likeness (QED) is 0.846. The maximum Gasteiger partial charge on any atom is 0.225 e. The van der Waals surface area contributed by atoms with Crippen LogP contribution in [0.4, 0.5) is 5.69 Å². The van der Waals surface area contributed by atoms with Gasteiger partial charge in [0.25, 0.3) is 0 Å². The summed E-state index contributed by atoms with van der Waals surface area (Å²) in [5, 5.41) is 0. The summed E-state index contributed by atoms with van der Waals surface area (Å²) < 4.78 is 5.94. The molecule has 1 aromatic rings. The number of hydrogen-bond donors (Lipinski definition) is 1. The summed E-state index contributed by atoms with van der Waals surface area (Å²) >= 11 is 0. The van der Waals surface area contributed by atoms with Crippen molar-refractivity contribution in [1.82, 2.24) is 4.90 Å². The Balaban J connectivity index is 1.58. The lowest BCUT2D eigenvalue weighted by molar-refractivity contribution is -0.135. The van der Waals surface area contributed by atoms with Crippen molar-refractivity contribution in [2.24, 2.45) is 5.92 Å². The third-order valence-corrected chi connectivity index (χ3v) is 3.80. The molecule has 1 aromatic carbocycles. The summed E-state index contributed by atoms with van der Waals surface area (Å²) in [6.45, 7) is 1.61. The number of piperidine rings is 1. The molecule has 1 aliphatic carbocycles. The predicted octanol–water partition coefficient (Wildman–Crippen LogP) is 2.05. The van der Waals surface area contributed by atoms with Gasteiger partial charge in [-0.05, 0) is 49.9 Å². The third kappa shape index (κ3) is 3.00. The van der Waals surface area contributed by atoms with Crippen LogP contribution < -0.4 is 10.5 Å². The predicted molar refractivity (Wildman–Crippen MR) is 73.8 cm³/mol. The van der Waals surface area contributed by atoms with Gasteiger partial charge in [0.15, 0.2) is 0 Å². The Bertz CT molecular complexity index is 454. The fourth-order valence-corrected chi connectivity index (χ4v) is 2.56. The lowest BCUT2D eigenvalue weighted by atomic mass is 10.1. The van der Waals surface area contributed by atoms with Gasteiger partial charge in [-0.15, -0.1) is 0 Å². The van der Waals surface area contributed by atoms with Crippen LogP contribution in [0.25, 0.3) is 0 Å². The van der Waals surface area contributed by atoms with Crippen LogP contribution in [0.15, 0.2) is 24.3 Å². The Morgan fingerprint density at radius 1 is 1.21 bits per heavy atom. The van der Waals surface area contributed by atoms with Crippen molar-refractivity contribution < 1.29 is 9.53 Å². The third-order valence-electron chi connectivity index (χ3n) is 3.80. The van der Waals surface area contributed by atoms with Gasteiger partial charge in [0.2, 0.25) is 5.91 Å². The van der Waals surface area contributed by atoms with E-state index in [2.05, 4.69) is 0 Å². The first-order valence-corrected chi connectivity index (χ1v) is 7.03. The van der Waals surface area contributed by atoms with Gasteiger partial charge in [0, 0.05) is 18.2 Å². The number of carbonyl (C=O) groups excluding carboxylic acids is 1. The van der Waals surface area contributed by atoms with Gasteiger partial charge in [-0.2, -0.15) is 0 Å². The molecule has 1 unspecified atom stereocenters. The fourth-order valence-electron chi connectivity index (χ4n) is 2.56. The normalized spacial score (nSPS) is 23.2. The summed E-state index contributed by atoms with van der Waals surface area (Å²) in [5.74, 6) is 1.46. The average molecular weight is 260 g/mol. The van der Waals surface area contributed by atoms with Crippen molar-refractivity contribution in [2.45, 2.75) is 31.8 Å². The minimum absolute atomic E-state index is 0.111. The number of rotatable bonds is 3. The minimum atomic E-state index is 0.111. The molecule has 1 atom stereocenters. The molecule has 102 valence electrons. The Labute approximate surface area is 113 Å². The molecule has 2 aliphatic rings. The van der Waals surface area contributed by atoms with E-state index in [-0.39, 0.29) is 6.10 Å². The molecule has 0 bridgehead atoms. The first-order valence-electron chi connectivity index (χ1n) is 7.03. The molecule has 1 heterocycles. The largest absolute Gasteiger partial charge is 0.489 e. The second kappa shape index (κ2) is 5.11. The van der Waals surface area contributed by atoms with Crippen molar-refractivity contribution in [2.75, 3.05) is 18.8 Å². The number of carbonyl (C=O) groups is 1. The van der Waals surface area contributed by atoms with Gasteiger partial charge in [-0.1, -0.05) is 0 Å². The van der Waals surface area contributed by atoms with Gasteiger partial charge < -0.3 is 15.4 Å². The van der Waals surface area contributed by atoms with E-state index in [0.717, 1.165) is 50.2 Å². The molecule has 0 aromatic heterocycles. The van der Waals surface area contributed by atoms with E-state index < -0.39 is 0 Å². The van der Waals surface area contributed by atoms with Gasteiger partial charge in [0.05, 0.1) is 6.54 Å². The number of amides is 1. The monoisotopic (exact) mass is 260 g/mol. The second-order valence-corrected chi connectivity index (χ2v) is 5.51. The van der Waals surface area contributed by atoms with Crippen LogP contribution in [0.2, 0.25) is 0 Å². The number of likely N-dealkylation sites (tertiary alicyclic amines) is 1. The molecule has 1 saturated heterocycles. The SMILES string of the molecule is Nc1ccc(OC2CCCN(C(=O)C3CC3)C2)cc1. The lowest BCUT2D eigenvalue weighted by Gasteiger charge is -2.33. The highest BCUT2D eigenvalue weighted by molar-refractivity contribution is 5.81. The number of hydrogen-bond acceptors (Lipinski definition) is 3. The number of anilines is 1. The zero-order valence-electron chi connectivity index (χ0n) is 11.0. The topological polar surface area (TPSA) is 55.6 Å². The van der Waals surface area contributed by atoms with Gasteiger partial charge >= 0.3 is 0 Å². The van der Waals surface area contributed by atoms with E-state index in [1.54, 1.807) is 0 Å². The molecule has 0 radical (unpaired) electrons. The number of nitrogens with zero attached hydrogens (tertiary/aromatic N) is 1. The van der Waals surface area contributed by atoms with Gasteiger partial charge in [-0.3, -0.25) is 4.79 Å². The maximum absolute atomic E-state index is 12.1. The molecule has 1 amide bonds. The zero-order valence-corrected chi connectivity index (χ0v) is 11.0. The molecule has 0 spiro atoms. The number of benzene rings is 1. The molecule has 3 rings (SSSR count). The van der Waals surface area contributed by atoms with E-state index in [1.807, 2.05) is 29.2 Å². The molecule has 4 heteroatoms. The van der Waals surface area contributed by atoms with Gasteiger partial charge in [0.1, 0.15) is 11.9 Å². The molecule has 2 fully saturated rings. The number of ether oxygens (including phenoxy) is 1. The van der Waals surface area contributed by atoms with Crippen molar-refractivity contribution in [3.05, 3.63) is 24.3 Å². The molecule has 1 saturated carbocycles. The van der Waals surface area contributed by atoms with Gasteiger partial charge in [-0.25, -0.2) is 0 Å². The van der Waals surface area contributed by atoms with E-state index in [0.29, 0.717) is 11.8 Å². The average Bonchev–Trinajstić information content (AvgIpc) is 3.25. The summed E-state index contributed by atoms with van der Waals surface area (Å²) in [6.07, 6.45) is 4.29.